The van der Waals surface area contributed by atoms with E-state index in [0.29, 0.717) is 54.1 Å². The summed E-state index contributed by atoms with van der Waals surface area (Å²) in [6.45, 7) is 4.96. The topological polar surface area (TPSA) is 139 Å². The molecule has 44 heavy (non-hydrogen) atoms. The minimum atomic E-state index is -1.24. The molecule has 1 saturated heterocycles. The number of quaternary nitrogens is 1. The van der Waals surface area contributed by atoms with Crippen molar-refractivity contribution in [3.8, 4) is 22.6 Å². The van der Waals surface area contributed by atoms with Gasteiger partial charge in [0.2, 0.25) is 5.69 Å². The van der Waals surface area contributed by atoms with Crippen LogP contribution in [0.15, 0.2) is 68.6 Å². The lowest BCUT2D eigenvalue weighted by atomic mass is 9.83. The zero-order valence-corrected chi connectivity index (χ0v) is 24.5. The number of piperidine rings is 1. The molecule has 1 amide bonds. The summed E-state index contributed by atoms with van der Waals surface area (Å²) >= 11 is 0. The Morgan fingerprint density at radius 2 is 1.91 bits per heavy atom. The second-order valence-electron chi connectivity index (χ2n) is 12.5. The Bertz CT molecular complexity index is 1900. The van der Waals surface area contributed by atoms with Crippen molar-refractivity contribution >= 4 is 22.6 Å². The van der Waals surface area contributed by atoms with Crippen molar-refractivity contribution in [3.05, 3.63) is 91.8 Å². The van der Waals surface area contributed by atoms with Crippen molar-refractivity contribution in [2.75, 3.05) is 19.7 Å². The number of nitrogens with zero attached hydrogens (tertiary/aromatic N) is 2. The maximum absolute atomic E-state index is 13.6. The number of hydrogen-bond donors (Lipinski definition) is 2. The highest BCUT2D eigenvalue weighted by Crippen LogP contribution is 2.45. The van der Waals surface area contributed by atoms with Crippen molar-refractivity contribution in [1.29, 1.82) is 0 Å². The van der Waals surface area contributed by atoms with Crippen molar-refractivity contribution in [1.82, 2.24) is 9.47 Å². The van der Waals surface area contributed by atoms with Crippen LogP contribution in [-0.4, -0.2) is 45.9 Å². The van der Waals surface area contributed by atoms with Gasteiger partial charge in [-0.3, -0.25) is 9.59 Å². The third-order valence-corrected chi connectivity index (χ3v) is 9.03. The van der Waals surface area contributed by atoms with Gasteiger partial charge in [0, 0.05) is 60.6 Å². The average molecular weight is 600 g/mol. The van der Waals surface area contributed by atoms with Crippen LogP contribution in [0.1, 0.15) is 43.9 Å². The number of ether oxygens (including phenoxy) is 2. The molecule has 228 valence electrons. The second kappa shape index (κ2) is 10.6. The van der Waals surface area contributed by atoms with Crippen molar-refractivity contribution in [3.63, 3.8) is 0 Å². The van der Waals surface area contributed by atoms with E-state index in [1.807, 2.05) is 44.2 Å². The molecule has 5 heterocycles. The Morgan fingerprint density at radius 1 is 1.11 bits per heavy atom. The van der Waals surface area contributed by atoms with Gasteiger partial charge in [-0.2, -0.15) is 5.23 Å². The van der Waals surface area contributed by atoms with E-state index in [4.69, 9.17) is 13.9 Å². The van der Waals surface area contributed by atoms with Crippen molar-refractivity contribution in [2.45, 2.75) is 51.2 Å². The normalized spacial score (nSPS) is 20.8. The third-order valence-electron chi connectivity index (χ3n) is 9.03. The van der Waals surface area contributed by atoms with Gasteiger partial charge in [-0.1, -0.05) is 30.3 Å². The van der Waals surface area contributed by atoms with E-state index >= 15 is 0 Å². The molecule has 2 bridgehead atoms. The Balaban J connectivity index is 1.21. The number of fused-ring (bicyclic) bond motifs is 7. The quantitative estimate of drug-likeness (QED) is 0.264. The molecule has 3 atom stereocenters. The lowest BCUT2D eigenvalue weighted by Crippen LogP contribution is -3.00. The molecule has 3 aliphatic rings. The summed E-state index contributed by atoms with van der Waals surface area (Å²) in [6, 6.07) is 15.8. The second-order valence-corrected chi connectivity index (χ2v) is 12.5. The third kappa shape index (κ3) is 4.96. The average Bonchev–Trinajstić information content (AvgIpc) is 2.99. The predicted molar refractivity (Wildman–Crippen MR) is 160 cm³/mol. The molecule has 0 aliphatic carbocycles. The number of aryl methyl sites for hydroxylation is 1. The van der Waals surface area contributed by atoms with E-state index in [0.717, 1.165) is 29.7 Å². The highest BCUT2D eigenvalue weighted by molar-refractivity contribution is 6.00. The predicted octanol–water partition coefficient (Wildman–Crippen LogP) is 3.15. The molecule has 0 spiro atoms. The van der Waals surface area contributed by atoms with Crippen molar-refractivity contribution < 1.29 is 29.1 Å². The van der Waals surface area contributed by atoms with E-state index in [1.165, 1.54) is 12.1 Å². The molecule has 3 unspecified atom stereocenters. The van der Waals surface area contributed by atoms with Gasteiger partial charge < -0.3 is 28.6 Å². The molecular formula is C33H33N3O8. The van der Waals surface area contributed by atoms with Crippen LogP contribution in [0.25, 0.3) is 22.1 Å². The van der Waals surface area contributed by atoms with Crippen LogP contribution in [0.4, 0.5) is 5.69 Å². The first kappa shape index (κ1) is 28.3. The van der Waals surface area contributed by atoms with Crippen LogP contribution in [-0.2, 0) is 17.8 Å². The Hall–Kier alpha value is -4.45. The first-order chi connectivity index (χ1) is 21.1. The Morgan fingerprint density at radius 3 is 2.68 bits per heavy atom. The van der Waals surface area contributed by atoms with E-state index in [-0.39, 0.29) is 30.0 Å². The van der Waals surface area contributed by atoms with Gasteiger partial charge in [0.05, 0.1) is 5.39 Å². The lowest BCUT2D eigenvalue weighted by molar-refractivity contribution is -0.992. The summed E-state index contributed by atoms with van der Waals surface area (Å²) in [7, 11) is 0. The first-order valence-corrected chi connectivity index (χ1v) is 14.8. The maximum atomic E-state index is 13.6. The van der Waals surface area contributed by atoms with Gasteiger partial charge in [-0.25, -0.2) is 10.0 Å². The minimum absolute atomic E-state index is 0.0195. The molecule has 11 heteroatoms. The summed E-state index contributed by atoms with van der Waals surface area (Å²) in [5.41, 5.74) is 1.79. The van der Waals surface area contributed by atoms with Crippen LogP contribution in [0, 0.1) is 11.1 Å². The Labute approximate surface area is 252 Å². The molecule has 0 radical (unpaired) electrons. The van der Waals surface area contributed by atoms with Gasteiger partial charge in [-0.15, -0.1) is 0 Å². The van der Waals surface area contributed by atoms with Crippen molar-refractivity contribution in [2.24, 2.45) is 5.92 Å². The molecule has 2 aromatic heterocycles. The molecule has 11 nitrogen and oxygen atoms in total. The van der Waals surface area contributed by atoms with Gasteiger partial charge >= 0.3 is 11.2 Å². The molecule has 7 rings (SSSR count). The number of benzene rings is 2. The highest BCUT2D eigenvalue weighted by atomic mass is 16.8. The molecular weight excluding hydrogens is 566 g/mol. The van der Waals surface area contributed by atoms with E-state index < -0.39 is 22.0 Å². The summed E-state index contributed by atoms with van der Waals surface area (Å²) in [5.74, 6) is 0.693. The minimum Gasteiger partial charge on any atom is -0.595 e. The van der Waals surface area contributed by atoms with Crippen LogP contribution < -0.4 is 25.9 Å². The number of hydrogen-bond acceptors (Lipinski definition) is 8. The van der Waals surface area contributed by atoms with E-state index in [2.05, 4.69) is 0 Å². The number of carbonyl (C=O) groups excluding carboxylic acids is 1. The maximum Gasteiger partial charge on any atom is 0.336 e. The fourth-order valence-corrected chi connectivity index (χ4v) is 6.95. The first-order valence-electron chi connectivity index (χ1n) is 14.8. The number of rotatable bonds is 5. The van der Waals surface area contributed by atoms with Gasteiger partial charge in [0.25, 0.3) is 5.91 Å². The largest absolute Gasteiger partial charge is 0.595 e. The molecule has 2 aromatic carbocycles. The zero-order chi connectivity index (χ0) is 30.7. The molecule has 4 aromatic rings. The van der Waals surface area contributed by atoms with Gasteiger partial charge in [-0.05, 0) is 50.7 Å². The monoisotopic (exact) mass is 599 g/mol. The molecule has 2 N–H and O–H groups in total. The fourth-order valence-electron chi connectivity index (χ4n) is 6.95. The highest BCUT2D eigenvalue weighted by Gasteiger charge is 2.38. The molecule has 0 saturated carbocycles. The SMILES string of the molecule is CC1(C)CCc2c(cc(OCC(=O)N3CC4CC(C3)c3ccc([NH+]([O-])O)c(=O)n3C4)c3c(-c4ccccc4)cc(=O)oc23)O1. The number of aromatic nitrogens is 1. The summed E-state index contributed by atoms with van der Waals surface area (Å²) in [6.07, 6.45) is 2.23. The number of pyridine rings is 1. The summed E-state index contributed by atoms with van der Waals surface area (Å²) < 4.78 is 19.9. The van der Waals surface area contributed by atoms with Crippen LogP contribution in [0.2, 0.25) is 0 Å². The van der Waals surface area contributed by atoms with Crippen LogP contribution >= 0.6 is 0 Å². The summed E-state index contributed by atoms with van der Waals surface area (Å²) in [5, 5.41) is 20.2. The fraction of sp³-hybridized carbons (Fsp3) is 0.364. The number of amides is 1. The summed E-state index contributed by atoms with van der Waals surface area (Å²) in [4.78, 5) is 40.9. The molecule has 3 aliphatic heterocycles. The number of carbonyl (C=O) groups is 1. The van der Waals surface area contributed by atoms with Gasteiger partial charge in [0.15, 0.2) is 6.61 Å². The standard InChI is InChI=1S/C33H33N3O8/c1-33(2)11-10-22-26(44-33)14-27(30-23(13-29(38)43-31(22)30)20-6-4-3-5-7-20)42-18-28(37)34-15-19-12-21(17-34)24-8-9-25(36(40)41)32(39)35(24)16-19/h3-9,13-14,19,21,36,40H,10-12,15-18H2,1-2H3. The smallest absolute Gasteiger partial charge is 0.336 e. The number of likely N-dealkylation sites (tertiary alicyclic amines) is 1. The lowest BCUT2D eigenvalue weighted by Gasteiger charge is -2.42. The van der Waals surface area contributed by atoms with E-state index in [1.54, 1.807) is 21.6 Å². The van der Waals surface area contributed by atoms with Crippen LogP contribution in [0.3, 0.4) is 0 Å². The van der Waals surface area contributed by atoms with Gasteiger partial charge in [0.1, 0.15) is 22.7 Å². The number of nitrogens with one attached hydrogen (secondary N) is 1. The zero-order valence-electron chi connectivity index (χ0n) is 24.5. The van der Waals surface area contributed by atoms with E-state index in [9.17, 15) is 24.8 Å². The van der Waals surface area contributed by atoms with Crippen LogP contribution in [0.5, 0.6) is 11.5 Å². The molecule has 1 fully saturated rings. The Kier molecular flexibility index (Phi) is 6.84.